The molecule has 0 fully saturated rings. The number of nitrogens with zero attached hydrogens (tertiary/aromatic N) is 2. The van der Waals surface area contributed by atoms with Crippen LogP contribution in [-0.2, 0) is 26.2 Å². The fraction of sp³-hybridized carbons (Fsp3) is 0.440. The first-order valence-electron chi connectivity index (χ1n) is 11.3. The molecule has 7 nitrogen and oxygen atoms in total. The summed E-state index contributed by atoms with van der Waals surface area (Å²) in [6.45, 7) is 6.67. The van der Waals surface area contributed by atoms with Gasteiger partial charge in [-0.2, -0.15) is 0 Å². The average Bonchev–Trinajstić information content (AvgIpc) is 2.77. The van der Waals surface area contributed by atoms with Crippen LogP contribution in [-0.4, -0.2) is 50.5 Å². The van der Waals surface area contributed by atoms with Crippen LogP contribution < -0.4 is 9.62 Å². The fourth-order valence-electron chi connectivity index (χ4n) is 3.45. The van der Waals surface area contributed by atoms with Crippen molar-refractivity contribution in [1.82, 2.24) is 10.2 Å². The Bertz CT molecular complexity index is 1060. The molecule has 0 saturated carbocycles. The number of benzene rings is 2. The average molecular weight is 508 g/mol. The zero-order chi connectivity index (χ0) is 25.3. The SMILES string of the molecule is CC(C)CNC(=O)[C@H](C)N(Cc1ccccc1)C(=O)CCCN(c1cccc(Cl)c1)S(C)(=O)=O. The Labute approximate surface area is 208 Å². The second kappa shape index (κ2) is 12.8. The van der Waals surface area contributed by atoms with Crippen LogP contribution in [0.5, 0.6) is 0 Å². The van der Waals surface area contributed by atoms with Gasteiger partial charge in [-0.05, 0) is 43.0 Å². The van der Waals surface area contributed by atoms with Gasteiger partial charge in [-0.15, -0.1) is 0 Å². The largest absolute Gasteiger partial charge is 0.354 e. The molecule has 2 aromatic rings. The summed E-state index contributed by atoms with van der Waals surface area (Å²) in [5, 5.41) is 3.32. The Morgan fingerprint density at radius 1 is 1.03 bits per heavy atom. The fourth-order valence-corrected chi connectivity index (χ4v) is 4.59. The van der Waals surface area contributed by atoms with Crippen LogP contribution >= 0.6 is 11.6 Å². The second-order valence-corrected chi connectivity index (χ2v) is 11.1. The molecule has 0 aliphatic rings. The predicted molar refractivity (Wildman–Crippen MR) is 137 cm³/mol. The number of anilines is 1. The minimum atomic E-state index is -3.56. The van der Waals surface area contributed by atoms with Crippen LogP contribution in [0.1, 0.15) is 39.2 Å². The molecule has 34 heavy (non-hydrogen) atoms. The van der Waals surface area contributed by atoms with E-state index in [1.54, 1.807) is 36.1 Å². The van der Waals surface area contributed by atoms with Crippen LogP contribution in [0.15, 0.2) is 54.6 Å². The van der Waals surface area contributed by atoms with Gasteiger partial charge in [-0.25, -0.2) is 8.42 Å². The molecule has 0 bridgehead atoms. The first-order chi connectivity index (χ1) is 16.0. The van der Waals surface area contributed by atoms with Gasteiger partial charge in [0.15, 0.2) is 0 Å². The third kappa shape index (κ3) is 8.65. The van der Waals surface area contributed by atoms with E-state index in [-0.39, 0.29) is 24.8 Å². The van der Waals surface area contributed by atoms with Crippen molar-refractivity contribution >= 4 is 39.1 Å². The van der Waals surface area contributed by atoms with E-state index in [1.807, 2.05) is 44.2 Å². The van der Waals surface area contributed by atoms with Gasteiger partial charge in [0.2, 0.25) is 21.8 Å². The van der Waals surface area contributed by atoms with Gasteiger partial charge >= 0.3 is 0 Å². The van der Waals surface area contributed by atoms with Gasteiger partial charge in [-0.1, -0.05) is 61.8 Å². The summed E-state index contributed by atoms with van der Waals surface area (Å²) in [5.74, 6) is -0.131. The maximum Gasteiger partial charge on any atom is 0.242 e. The Morgan fingerprint density at radius 2 is 1.71 bits per heavy atom. The summed E-state index contributed by atoms with van der Waals surface area (Å²) in [5.41, 5.74) is 1.36. The topological polar surface area (TPSA) is 86.8 Å². The van der Waals surface area contributed by atoms with Crippen molar-refractivity contribution in [1.29, 1.82) is 0 Å². The van der Waals surface area contributed by atoms with E-state index in [2.05, 4.69) is 5.32 Å². The number of amides is 2. The molecule has 0 spiro atoms. The lowest BCUT2D eigenvalue weighted by Crippen LogP contribution is -2.48. The zero-order valence-corrected chi connectivity index (χ0v) is 21.8. The highest BCUT2D eigenvalue weighted by Gasteiger charge is 2.26. The Hall–Kier alpha value is -2.58. The van der Waals surface area contributed by atoms with Crippen molar-refractivity contribution in [3.63, 3.8) is 0 Å². The second-order valence-electron chi connectivity index (χ2n) is 8.74. The van der Waals surface area contributed by atoms with Gasteiger partial charge in [-0.3, -0.25) is 13.9 Å². The highest BCUT2D eigenvalue weighted by Crippen LogP contribution is 2.22. The smallest absolute Gasteiger partial charge is 0.242 e. The summed E-state index contributed by atoms with van der Waals surface area (Å²) in [4.78, 5) is 27.5. The van der Waals surface area contributed by atoms with Crippen LogP contribution in [0.25, 0.3) is 0 Å². The maximum absolute atomic E-state index is 13.2. The van der Waals surface area contributed by atoms with E-state index in [4.69, 9.17) is 11.6 Å². The van der Waals surface area contributed by atoms with Crippen molar-refractivity contribution < 1.29 is 18.0 Å². The number of sulfonamides is 1. The van der Waals surface area contributed by atoms with Gasteiger partial charge in [0.05, 0.1) is 11.9 Å². The lowest BCUT2D eigenvalue weighted by atomic mass is 10.1. The third-order valence-corrected chi connectivity index (χ3v) is 6.73. The molecular weight excluding hydrogens is 474 g/mol. The molecule has 0 radical (unpaired) electrons. The molecule has 0 heterocycles. The summed E-state index contributed by atoms with van der Waals surface area (Å²) >= 11 is 6.03. The first kappa shape index (κ1) is 27.7. The van der Waals surface area contributed by atoms with Crippen LogP contribution in [0.4, 0.5) is 5.69 Å². The molecule has 2 amide bonds. The van der Waals surface area contributed by atoms with E-state index in [1.165, 1.54) is 4.31 Å². The predicted octanol–water partition coefficient (Wildman–Crippen LogP) is 4.08. The number of halogens is 1. The molecule has 2 rings (SSSR count). The van der Waals surface area contributed by atoms with Crippen molar-refractivity contribution in [2.45, 2.75) is 46.2 Å². The number of carbonyl (C=O) groups is 2. The van der Waals surface area contributed by atoms with Crippen LogP contribution in [0.2, 0.25) is 5.02 Å². The summed E-state index contributed by atoms with van der Waals surface area (Å²) in [7, 11) is -3.56. The quantitative estimate of drug-likeness (QED) is 0.469. The molecule has 2 aromatic carbocycles. The summed E-state index contributed by atoms with van der Waals surface area (Å²) in [6.07, 6.45) is 1.52. The summed E-state index contributed by atoms with van der Waals surface area (Å²) < 4.78 is 25.9. The van der Waals surface area contributed by atoms with Gasteiger partial charge < -0.3 is 10.2 Å². The molecular formula is C25H34ClN3O4S. The highest BCUT2D eigenvalue weighted by atomic mass is 35.5. The zero-order valence-electron chi connectivity index (χ0n) is 20.2. The van der Waals surface area contributed by atoms with Crippen molar-refractivity contribution in [2.24, 2.45) is 5.92 Å². The van der Waals surface area contributed by atoms with Crippen molar-refractivity contribution in [3.8, 4) is 0 Å². The van der Waals surface area contributed by atoms with E-state index in [0.717, 1.165) is 11.8 Å². The minimum absolute atomic E-state index is 0.0984. The van der Waals surface area contributed by atoms with E-state index < -0.39 is 16.1 Å². The van der Waals surface area contributed by atoms with E-state index >= 15 is 0 Å². The number of carbonyl (C=O) groups excluding carboxylic acids is 2. The van der Waals surface area contributed by atoms with Gasteiger partial charge in [0, 0.05) is 31.1 Å². The van der Waals surface area contributed by atoms with Crippen LogP contribution in [0.3, 0.4) is 0 Å². The molecule has 0 aromatic heterocycles. The standard InChI is InChI=1S/C25H34ClN3O4S/c1-19(2)17-27-25(31)20(3)28(18-21-10-6-5-7-11-21)24(30)14-9-15-29(34(4,32)33)23-13-8-12-22(26)16-23/h5-8,10-13,16,19-20H,9,14-15,17-18H2,1-4H3,(H,27,31)/t20-/m0/s1. The monoisotopic (exact) mass is 507 g/mol. The van der Waals surface area contributed by atoms with Crippen molar-refractivity contribution in [2.75, 3.05) is 23.7 Å². The highest BCUT2D eigenvalue weighted by molar-refractivity contribution is 7.92. The molecule has 0 saturated heterocycles. The van der Waals surface area contributed by atoms with Crippen LogP contribution in [0, 0.1) is 5.92 Å². The lowest BCUT2D eigenvalue weighted by Gasteiger charge is -2.29. The molecule has 0 aliphatic carbocycles. The number of hydrogen-bond acceptors (Lipinski definition) is 4. The first-order valence-corrected chi connectivity index (χ1v) is 13.6. The third-order valence-electron chi connectivity index (χ3n) is 5.30. The number of hydrogen-bond donors (Lipinski definition) is 1. The van der Waals surface area contributed by atoms with E-state index in [9.17, 15) is 18.0 Å². The summed E-state index contributed by atoms with van der Waals surface area (Å²) in [6, 6.07) is 15.4. The Kier molecular flexibility index (Phi) is 10.4. The van der Waals surface area contributed by atoms with Crippen molar-refractivity contribution in [3.05, 3.63) is 65.2 Å². The molecule has 1 N–H and O–H groups in total. The lowest BCUT2D eigenvalue weighted by molar-refractivity contribution is -0.140. The minimum Gasteiger partial charge on any atom is -0.354 e. The Morgan fingerprint density at radius 3 is 2.29 bits per heavy atom. The molecule has 9 heteroatoms. The maximum atomic E-state index is 13.2. The molecule has 0 unspecified atom stereocenters. The number of nitrogens with one attached hydrogen (secondary N) is 1. The van der Waals surface area contributed by atoms with Gasteiger partial charge in [0.25, 0.3) is 0 Å². The van der Waals surface area contributed by atoms with Gasteiger partial charge in [0.1, 0.15) is 6.04 Å². The molecule has 1 atom stereocenters. The number of rotatable bonds is 12. The van der Waals surface area contributed by atoms with E-state index in [0.29, 0.717) is 36.1 Å². The molecule has 0 aliphatic heterocycles. The normalized spacial score (nSPS) is 12.3. The Balaban J connectivity index is 2.13. The molecule has 186 valence electrons.